The summed E-state index contributed by atoms with van der Waals surface area (Å²) in [4.78, 5) is 26.3. The van der Waals surface area contributed by atoms with Crippen LogP contribution < -0.4 is 9.04 Å². The number of carbonyl (C=O) groups is 2. The Labute approximate surface area is 224 Å². The van der Waals surface area contributed by atoms with Crippen LogP contribution in [0.15, 0.2) is 78.9 Å². The number of anilines is 1. The lowest BCUT2D eigenvalue weighted by Crippen LogP contribution is -2.51. The fourth-order valence-corrected chi connectivity index (χ4v) is 5.37. The monoisotopic (exact) mass is 537 g/mol. The number of rotatable bonds is 9. The van der Waals surface area contributed by atoms with E-state index in [1.165, 1.54) is 4.90 Å². The van der Waals surface area contributed by atoms with Crippen LogP contribution in [-0.2, 0) is 27.4 Å². The Kier molecular flexibility index (Phi) is 8.98. The maximum absolute atomic E-state index is 12.5. The van der Waals surface area contributed by atoms with E-state index in [2.05, 4.69) is 0 Å². The number of ether oxygens (including phenoxy) is 2. The van der Waals surface area contributed by atoms with Gasteiger partial charge in [-0.25, -0.2) is 9.59 Å². The topological polar surface area (TPSA) is 119 Å². The number of carbonyl (C=O) groups excluding carboxylic acids is 1. The van der Waals surface area contributed by atoms with Crippen molar-refractivity contribution in [1.29, 1.82) is 0 Å². The molecule has 0 bridgehead atoms. The van der Waals surface area contributed by atoms with E-state index in [0.29, 0.717) is 12.8 Å². The Balaban J connectivity index is 1.43. The molecule has 200 valence electrons. The third-order valence-electron chi connectivity index (χ3n) is 6.66. The van der Waals surface area contributed by atoms with E-state index in [-0.39, 0.29) is 25.4 Å². The van der Waals surface area contributed by atoms with Crippen molar-refractivity contribution >= 4 is 29.0 Å². The molecule has 1 aliphatic rings. The Hall–Kier alpha value is -3.89. The molecular weight excluding hydrogens is 508 g/mol. The second-order valence-electron chi connectivity index (χ2n) is 8.97. The summed E-state index contributed by atoms with van der Waals surface area (Å²) in [5, 5.41) is 10.0. The normalized spacial score (nSPS) is 15.4. The molecule has 2 unspecified atom stereocenters. The molecule has 10 heteroatoms. The molecule has 38 heavy (non-hydrogen) atoms. The molecule has 4 rings (SSSR count). The van der Waals surface area contributed by atoms with Gasteiger partial charge in [-0.05, 0) is 59.7 Å². The molecule has 0 radical (unpaired) electrons. The fourth-order valence-electron chi connectivity index (χ4n) is 4.63. The number of amides is 1. The number of methoxy groups -OCH3 is 1. The Morgan fingerprint density at radius 3 is 2.11 bits per heavy atom. The third-order valence-corrected chi connectivity index (χ3v) is 7.42. The van der Waals surface area contributed by atoms with Gasteiger partial charge in [0, 0.05) is 30.0 Å². The maximum Gasteiger partial charge on any atom is 0.410 e. The van der Waals surface area contributed by atoms with Gasteiger partial charge in [0.25, 0.3) is 0 Å². The predicted octanol–water partition coefficient (Wildman–Crippen LogP) is 4.46. The molecule has 0 saturated carbocycles. The molecule has 3 aromatic carbocycles. The van der Waals surface area contributed by atoms with Crippen molar-refractivity contribution in [2.45, 2.75) is 25.5 Å². The first-order chi connectivity index (χ1) is 18.4. The summed E-state index contributed by atoms with van der Waals surface area (Å²) in [6.07, 6.45) is 0.182. The molecular formula is C28H29N2O7S-. The second-order valence-corrected chi connectivity index (χ2v) is 9.79. The van der Waals surface area contributed by atoms with Gasteiger partial charge in [-0.2, -0.15) is 0 Å². The molecule has 9 nitrogen and oxygen atoms in total. The van der Waals surface area contributed by atoms with Gasteiger partial charge in [-0.3, -0.25) is 8.51 Å². The van der Waals surface area contributed by atoms with Crippen LogP contribution in [0.4, 0.5) is 10.5 Å². The van der Waals surface area contributed by atoms with Crippen LogP contribution in [0.1, 0.15) is 18.4 Å². The van der Waals surface area contributed by atoms with E-state index in [1.54, 1.807) is 31.4 Å². The largest absolute Gasteiger partial charge is 0.755 e. The quantitative estimate of drug-likeness (QED) is 0.400. The van der Waals surface area contributed by atoms with Crippen molar-refractivity contribution in [3.63, 3.8) is 0 Å². The van der Waals surface area contributed by atoms with E-state index in [4.69, 9.17) is 9.47 Å². The summed E-state index contributed by atoms with van der Waals surface area (Å²) in [6, 6.07) is 22.1. The van der Waals surface area contributed by atoms with E-state index in [1.807, 2.05) is 54.6 Å². The maximum atomic E-state index is 12.5. The number of hydrogen-bond donors (Lipinski definition) is 1. The molecule has 0 aliphatic carbocycles. The van der Waals surface area contributed by atoms with Crippen LogP contribution in [-0.4, -0.2) is 57.1 Å². The van der Waals surface area contributed by atoms with Gasteiger partial charge < -0.3 is 24.0 Å². The molecule has 1 saturated heterocycles. The summed E-state index contributed by atoms with van der Waals surface area (Å²) < 4.78 is 36.0. The minimum absolute atomic E-state index is 0.146. The summed E-state index contributed by atoms with van der Waals surface area (Å²) in [7, 11) is 1.59. The molecule has 1 N–H and O–H groups in total. The SMILES string of the molecule is COc1ccc(-c2ccc(N(C(C(=O)O)C3CCN(C(=O)OCc4ccccc4)CC3)S(=O)[O-])cc2)cc1. The highest BCUT2D eigenvalue weighted by atomic mass is 32.2. The van der Waals surface area contributed by atoms with Gasteiger partial charge in [0.05, 0.1) is 7.11 Å². The second kappa shape index (κ2) is 12.6. The van der Waals surface area contributed by atoms with Crippen LogP contribution in [0.2, 0.25) is 0 Å². The lowest BCUT2D eigenvalue weighted by Gasteiger charge is -2.40. The first kappa shape index (κ1) is 27.2. The van der Waals surface area contributed by atoms with Crippen molar-refractivity contribution in [2.75, 3.05) is 24.5 Å². The number of benzene rings is 3. The number of aliphatic carboxylic acids is 1. The van der Waals surface area contributed by atoms with Crippen LogP contribution in [0.5, 0.6) is 5.75 Å². The average Bonchev–Trinajstić information content (AvgIpc) is 2.95. The Bertz CT molecular complexity index is 1240. The lowest BCUT2D eigenvalue weighted by atomic mass is 9.89. The molecule has 1 aliphatic heterocycles. The van der Waals surface area contributed by atoms with Crippen LogP contribution in [0.3, 0.4) is 0 Å². The van der Waals surface area contributed by atoms with Gasteiger partial charge in [0.15, 0.2) is 0 Å². The van der Waals surface area contributed by atoms with E-state index in [0.717, 1.165) is 26.7 Å². The van der Waals surface area contributed by atoms with Crippen molar-refractivity contribution in [1.82, 2.24) is 4.90 Å². The van der Waals surface area contributed by atoms with Crippen molar-refractivity contribution < 1.29 is 32.9 Å². The smallest absolute Gasteiger partial charge is 0.410 e. The van der Waals surface area contributed by atoms with Crippen LogP contribution in [0.25, 0.3) is 11.1 Å². The predicted molar refractivity (Wildman–Crippen MR) is 142 cm³/mol. The summed E-state index contributed by atoms with van der Waals surface area (Å²) in [6.45, 7) is 0.697. The van der Waals surface area contributed by atoms with Crippen molar-refractivity contribution in [3.8, 4) is 16.9 Å². The highest BCUT2D eigenvalue weighted by Crippen LogP contribution is 2.31. The third kappa shape index (κ3) is 6.51. The lowest BCUT2D eigenvalue weighted by molar-refractivity contribution is -0.140. The minimum atomic E-state index is -2.82. The number of carboxylic acids is 1. The number of nitrogens with zero attached hydrogens (tertiary/aromatic N) is 2. The van der Waals surface area contributed by atoms with Gasteiger partial charge in [0.2, 0.25) is 0 Å². The average molecular weight is 538 g/mol. The molecule has 1 heterocycles. The van der Waals surface area contributed by atoms with E-state index in [9.17, 15) is 23.5 Å². The highest BCUT2D eigenvalue weighted by Gasteiger charge is 2.38. The molecule has 1 amide bonds. The summed E-state index contributed by atoms with van der Waals surface area (Å²) in [5.74, 6) is -0.999. The van der Waals surface area contributed by atoms with Gasteiger partial charge in [-0.15, -0.1) is 0 Å². The molecule has 2 atom stereocenters. The number of hydrogen-bond acceptors (Lipinski definition) is 6. The Morgan fingerprint density at radius 2 is 1.58 bits per heavy atom. The zero-order chi connectivity index (χ0) is 27.1. The summed E-state index contributed by atoms with van der Waals surface area (Å²) in [5.41, 5.74) is 2.89. The standard InChI is InChI=1S/C28H30N2O7S/c1-36-25-13-9-22(10-14-25)21-7-11-24(12-8-21)30(38(34)35)26(27(31)32)23-15-17-29(18-16-23)28(33)37-19-20-5-3-2-4-6-20/h2-14,23,26H,15-19H2,1H3,(H,31,32)(H,34,35)/p-1. The highest BCUT2D eigenvalue weighted by molar-refractivity contribution is 7.80. The first-order valence-electron chi connectivity index (χ1n) is 12.2. The summed E-state index contributed by atoms with van der Waals surface area (Å²) >= 11 is -2.82. The van der Waals surface area contributed by atoms with Gasteiger partial charge in [0.1, 0.15) is 18.4 Å². The van der Waals surface area contributed by atoms with Crippen molar-refractivity contribution in [3.05, 3.63) is 84.4 Å². The zero-order valence-electron chi connectivity index (χ0n) is 20.9. The first-order valence-corrected chi connectivity index (χ1v) is 13.2. The van der Waals surface area contributed by atoms with E-state index < -0.39 is 35.3 Å². The number of piperidine rings is 1. The molecule has 3 aromatic rings. The molecule has 1 fully saturated rings. The Morgan fingerprint density at radius 1 is 1.00 bits per heavy atom. The number of carboxylic acid groups (broad SMARTS) is 1. The van der Waals surface area contributed by atoms with E-state index >= 15 is 0 Å². The fraction of sp³-hybridized carbons (Fsp3) is 0.286. The van der Waals surface area contributed by atoms with Crippen molar-refractivity contribution in [2.24, 2.45) is 5.92 Å². The van der Waals surface area contributed by atoms with Gasteiger partial charge in [-0.1, -0.05) is 54.6 Å². The molecule has 0 spiro atoms. The van der Waals surface area contributed by atoms with Crippen LogP contribution in [0, 0.1) is 5.92 Å². The zero-order valence-corrected chi connectivity index (χ0v) is 21.7. The molecule has 0 aromatic heterocycles. The van der Waals surface area contributed by atoms with Crippen LogP contribution >= 0.6 is 0 Å². The minimum Gasteiger partial charge on any atom is -0.755 e. The van der Waals surface area contributed by atoms with Gasteiger partial charge >= 0.3 is 12.1 Å². The number of likely N-dealkylation sites (tertiary alicyclic amines) is 1.